The van der Waals surface area contributed by atoms with E-state index >= 15 is 0 Å². The first kappa shape index (κ1) is 21.8. The minimum Gasteiger partial charge on any atom is -0.463 e. The Hall–Kier alpha value is -4.04. The highest BCUT2D eigenvalue weighted by molar-refractivity contribution is 6.30. The topological polar surface area (TPSA) is 92.4 Å². The molecule has 0 radical (unpaired) electrons. The summed E-state index contributed by atoms with van der Waals surface area (Å²) in [6, 6.07) is 19.3. The van der Waals surface area contributed by atoms with Crippen molar-refractivity contribution >= 4 is 34.9 Å². The van der Waals surface area contributed by atoms with Gasteiger partial charge in [0.2, 0.25) is 0 Å². The lowest BCUT2D eigenvalue weighted by atomic mass is 10.2. The van der Waals surface area contributed by atoms with Crippen LogP contribution in [0.1, 0.15) is 23.3 Å². The zero-order valence-electron chi connectivity index (χ0n) is 18.2. The van der Waals surface area contributed by atoms with E-state index < -0.39 is 5.91 Å². The number of nitrogens with zero attached hydrogens (tertiary/aromatic N) is 3. The number of aromatic nitrogens is 2. The van der Waals surface area contributed by atoms with Gasteiger partial charge in [-0.2, -0.15) is 5.10 Å². The molecule has 1 saturated heterocycles. The minimum absolute atomic E-state index is 0.176. The molecule has 2 N–H and O–H groups in total. The van der Waals surface area contributed by atoms with Crippen LogP contribution in [0.15, 0.2) is 77.4 Å². The number of furan rings is 1. The number of urea groups is 1. The SMILES string of the molecule is O=C(Nc1ccccc1NC(=O)N1CCCC1)c1cc(-c2ccco2)n(-c2cccc(Cl)c2)n1. The van der Waals surface area contributed by atoms with Crippen molar-refractivity contribution in [1.82, 2.24) is 14.7 Å². The van der Waals surface area contributed by atoms with Crippen molar-refractivity contribution in [3.8, 4) is 17.1 Å². The van der Waals surface area contributed by atoms with Gasteiger partial charge < -0.3 is 20.0 Å². The van der Waals surface area contributed by atoms with Crippen LogP contribution in [0.5, 0.6) is 0 Å². The second kappa shape index (κ2) is 9.44. The highest BCUT2D eigenvalue weighted by atomic mass is 35.5. The molecule has 8 nitrogen and oxygen atoms in total. The second-order valence-corrected chi connectivity index (χ2v) is 8.34. The summed E-state index contributed by atoms with van der Waals surface area (Å²) in [6.45, 7) is 1.47. The molecule has 1 fully saturated rings. The third-order valence-electron chi connectivity index (χ3n) is 5.58. The highest BCUT2D eigenvalue weighted by Crippen LogP contribution is 2.27. The number of hydrogen-bond donors (Lipinski definition) is 2. The Bertz CT molecular complexity index is 1330. The van der Waals surface area contributed by atoms with E-state index in [1.165, 1.54) is 0 Å². The van der Waals surface area contributed by atoms with E-state index in [2.05, 4.69) is 15.7 Å². The molecule has 1 aliphatic rings. The van der Waals surface area contributed by atoms with Crippen LogP contribution in [0.4, 0.5) is 16.2 Å². The van der Waals surface area contributed by atoms with Gasteiger partial charge in [-0.1, -0.05) is 29.8 Å². The van der Waals surface area contributed by atoms with E-state index in [1.807, 2.05) is 12.1 Å². The fourth-order valence-corrected chi connectivity index (χ4v) is 4.08. The zero-order chi connectivity index (χ0) is 23.5. The minimum atomic E-state index is -0.420. The quantitative estimate of drug-likeness (QED) is 0.389. The fourth-order valence-electron chi connectivity index (χ4n) is 3.90. The smallest absolute Gasteiger partial charge is 0.321 e. The second-order valence-electron chi connectivity index (χ2n) is 7.91. The number of likely N-dealkylation sites (tertiary alicyclic amines) is 1. The monoisotopic (exact) mass is 475 g/mol. The lowest BCUT2D eigenvalue weighted by Crippen LogP contribution is -2.32. The largest absolute Gasteiger partial charge is 0.463 e. The normalized spacial score (nSPS) is 13.1. The van der Waals surface area contributed by atoms with E-state index in [-0.39, 0.29) is 11.7 Å². The van der Waals surface area contributed by atoms with Gasteiger partial charge in [-0.05, 0) is 55.3 Å². The van der Waals surface area contributed by atoms with E-state index in [0.29, 0.717) is 33.5 Å². The Morgan fingerprint density at radius 3 is 2.38 bits per heavy atom. The van der Waals surface area contributed by atoms with Crippen molar-refractivity contribution in [3.05, 3.63) is 83.7 Å². The Morgan fingerprint density at radius 1 is 0.912 bits per heavy atom. The van der Waals surface area contributed by atoms with Gasteiger partial charge >= 0.3 is 6.03 Å². The van der Waals surface area contributed by atoms with Crippen molar-refractivity contribution in [2.75, 3.05) is 23.7 Å². The van der Waals surface area contributed by atoms with Crippen LogP contribution in [0.3, 0.4) is 0 Å². The molecule has 34 heavy (non-hydrogen) atoms. The molecular weight excluding hydrogens is 454 g/mol. The molecule has 2 aromatic heterocycles. The average molecular weight is 476 g/mol. The number of amides is 3. The first-order valence-electron chi connectivity index (χ1n) is 10.9. The maximum Gasteiger partial charge on any atom is 0.321 e. The van der Waals surface area contributed by atoms with E-state index in [4.69, 9.17) is 16.0 Å². The van der Waals surface area contributed by atoms with Gasteiger partial charge in [-0.3, -0.25) is 4.79 Å². The van der Waals surface area contributed by atoms with E-state index in [0.717, 1.165) is 25.9 Å². The predicted molar refractivity (Wildman–Crippen MR) is 130 cm³/mol. The summed E-state index contributed by atoms with van der Waals surface area (Å²) in [7, 11) is 0. The molecule has 5 rings (SSSR count). The standard InChI is InChI=1S/C25H22ClN5O3/c26-17-7-5-8-18(15-17)31-22(23-11-6-14-34-23)16-21(29-31)24(32)27-19-9-1-2-10-20(19)28-25(33)30-12-3-4-13-30/h1-2,5-11,14-16H,3-4,12-13H2,(H,27,32)(H,28,33). The van der Waals surface area contributed by atoms with Crippen molar-refractivity contribution in [3.63, 3.8) is 0 Å². The first-order chi connectivity index (χ1) is 16.6. The molecule has 0 aliphatic carbocycles. The lowest BCUT2D eigenvalue weighted by Gasteiger charge is -2.18. The summed E-state index contributed by atoms with van der Waals surface area (Å²) in [5.74, 6) is 0.140. The average Bonchev–Trinajstić information content (AvgIpc) is 3.62. The lowest BCUT2D eigenvalue weighted by molar-refractivity contribution is 0.102. The highest BCUT2D eigenvalue weighted by Gasteiger charge is 2.21. The van der Waals surface area contributed by atoms with Gasteiger partial charge in [0.15, 0.2) is 11.5 Å². The Labute approximate surface area is 201 Å². The number of rotatable bonds is 5. The molecular formula is C25H22ClN5O3. The number of carbonyl (C=O) groups excluding carboxylic acids is 2. The van der Waals surface area contributed by atoms with Gasteiger partial charge in [-0.25, -0.2) is 9.48 Å². The van der Waals surface area contributed by atoms with Gasteiger partial charge in [0.1, 0.15) is 5.69 Å². The summed E-state index contributed by atoms with van der Waals surface area (Å²) in [6.07, 6.45) is 3.56. The van der Waals surface area contributed by atoms with Crippen molar-refractivity contribution in [2.45, 2.75) is 12.8 Å². The zero-order valence-corrected chi connectivity index (χ0v) is 19.0. The van der Waals surface area contributed by atoms with Crippen molar-refractivity contribution in [2.24, 2.45) is 0 Å². The molecule has 1 aliphatic heterocycles. The molecule has 0 atom stereocenters. The van der Waals surface area contributed by atoms with E-state index in [1.54, 1.807) is 70.4 Å². The summed E-state index contributed by atoms with van der Waals surface area (Å²) < 4.78 is 7.17. The van der Waals surface area contributed by atoms with Crippen LogP contribution in [-0.4, -0.2) is 39.7 Å². The molecule has 172 valence electrons. The van der Waals surface area contributed by atoms with Gasteiger partial charge in [-0.15, -0.1) is 0 Å². The summed E-state index contributed by atoms with van der Waals surface area (Å²) >= 11 is 6.17. The molecule has 9 heteroatoms. The number of hydrogen-bond acceptors (Lipinski definition) is 4. The van der Waals surface area contributed by atoms with Gasteiger partial charge in [0.05, 0.1) is 23.3 Å². The number of para-hydroxylation sites is 2. The fraction of sp³-hybridized carbons (Fsp3) is 0.160. The number of carbonyl (C=O) groups is 2. The predicted octanol–water partition coefficient (Wildman–Crippen LogP) is 5.67. The third kappa shape index (κ3) is 4.53. The number of benzene rings is 2. The summed E-state index contributed by atoms with van der Waals surface area (Å²) in [5.41, 5.74) is 2.49. The number of nitrogens with one attached hydrogen (secondary N) is 2. The van der Waals surface area contributed by atoms with E-state index in [9.17, 15) is 9.59 Å². The van der Waals surface area contributed by atoms with Crippen molar-refractivity contribution in [1.29, 1.82) is 0 Å². The molecule has 0 saturated carbocycles. The maximum absolute atomic E-state index is 13.2. The third-order valence-corrected chi connectivity index (χ3v) is 5.81. The van der Waals surface area contributed by atoms with Crippen LogP contribution in [0, 0.1) is 0 Å². The summed E-state index contributed by atoms with van der Waals surface area (Å²) in [4.78, 5) is 27.5. The van der Waals surface area contributed by atoms with Gasteiger partial charge in [0, 0.05) is 24.2 Å². The first-order valence-corrected chi connectivity index (χ1v) is 11.3. The van der Waals surface area contributed by atoms with Crippen LogP contribution >= 0.6 is 11.6 Å². The van der Waals surface area contributed by atoms with Crippen LogP contribution in [0.25, 0.3) is 17.1 Å². The number of halogens is 1. The molecule has 0 unspecified atom stereocenters. The molecule has 4 aromatic rings. The van der Waals surface area contributed by atoms with Crippen LogP contribution in [-0.2, 0) is 0 Å². The van der Waals surface area contributed by atoms with Crippen LogP contribution < -0.4 is 10.6 Å². The van der Waals surface area contributed by atoms with Crippen LogP contribution in [0.2, 0.25) is 5.02 Å². The molecule has 3 amide bonds. The number of anilines is 2. The maximum atomic E-state index is 13.2. The Morgan fingerprint density at radius 2 is 1.68 bits per heavy atom. The molecule has 0 bridgehead atoms. The Balaban J connectivity index is 1.43. The molecule has 2 aromatic carbocycles. The van der Waals surface area contributed by atoms with Gasteiger partial charge in [0.25, 0.3) is 5.91 Å². The molecule has 0 spiro atoms. The van der Waals surface area contributed by atoms with Crippen molar-refractivity contribution < 1.29 is 14.0 Å². The molecule has 3 heterocycles. The Kier molecular flexibility index (Phi) is 6.05. The summed E-state index contributed by atoms with van der Waals surface area (Å²) in [5, 5.41) is 10.8.